The van der Waals surface area contributed by atoms with Gasteiger partial charge >= 0.3 is 11.9 Å². The summed E-state index contributed by atoms with van der Waals surface area (Å²) >= 11 is 0. The average Bonchev–Trinajstić information content (AvgIpc) is 3.35. The molecule has 0 amide bonds. The van der Waals surface area contributed by atoms with Crippen molar-refractivity contribution in [2.45, 2.75) is 97.1 Å². The van der Waals surface area contributed by atoms with Crippen molar-refractivity contribution in [2.24, 2.45) is 35.0 Å². The third-order valence-electron chi connectivity index (χ3n) is 10.3. The third-order valence-corrected chi connectivity index (χ3v) is 10.3. The Morgan fingerprint density at radius 1 is 1.12 bits per heavy atom. The smallest absolute Gasteiger partial charge is 0.331 e. The van der Waals surface area contributed by atoms with Crippen LogP contribution in [-0.4, -0.2) is 68.3 Å². The number of aliphatic hydroxyl groups is 3. The van der Waals surface area contributed by atoms with Crippen LogP contribution in [0.4, 0.5) is 0 Å². The summed E-state index contributed by atoms with van der Waals surface area (Å²) < 4.78 is 12.2. The van der Waals surface area contributed by atoms with Gasteiger partial charge in [-0.1, -0.05) is 78.7 Å². The second-order valence-corrected chi connectivity index (χ2v) is 13.5. The molecule has 4 rings (SSSR count). The summed E-state index contributed by atoms with van der Waals surface area (Å²) in [5.74, 6) is -7.62. The Morgan fingerprint density at radius 2 is 1.79 bits per heavy atom. The number of esters is 2. The molecule has 0 saturated heterocycles. The molecule has 0 aromatic heterocycles. The number of ketones is 2. The number of hydrogen-bond acceptors (Lipinski definition) is 9. The standard InChI is InChI=1S/C34H46O9/c1-8-9-10-11-12-13-14-15-24(36)42-29-21(5)33(41)23-16-20(4)28(38)32(23,40)17-22(18-35)26(37)25(33)27-31(6,7)34(27,29)43-30(39)19(2)3/h12-17,19,21,23,25,27,29,35,40-41H,8-11,18H2,1-7H3/b13-12+,15-14-/t21-,23-,25+,27-,29-,32-,33+,34-/m1/s1. The lowest BCUT2D eigenvalue weighted by Gasteiger charge is -2.52. The van der Waals surface area contributed by atoms with E-state index in [4.69, 9.17) is 9.47 Å². The maximum absolute atomic E-state index is 14.1. The van der Waals surface area contributed by atoms with Crippen LogP contribution in [0.25, 0.3) is 0 Å². The molecular formula is C34H46O9. The molecule has 2 saturated carbocycles. The van der Waals surface area contributed by atoms with Crippen LogP contribution < -0.4 is 0 Å². The van der Waals surface area contributed by atoms with Gasteiger partial charge in [0.1, 0.15) is 6.10 Å². The highest BCUT2D eigenvalue weighted by Gasteiger charge is 2.89. The van der Waals surface area contributed by atoms with Gasteiger partial charge in [0.2, 0.25) is 0 Å². The Kier molecular flexibility index (Phi) is 8.88. The number of unbranched alkanes of at least 4 members (excludes halogenated alkanes) is 3. The van der Waals surface area contributed by atoms with Gasteiger partial charge in [-0.15, -0.1) is 0 Å². The zero-order chi connectivity index (χ0) is 32.1. The molecule has 3 N–H and O–H groups in total. The van der Waals surface area contributed by atoms with Gasteiger partial charge in [0.15, 0.2) is 22.8 Å². The van der Waals surface area contributed by atoms with E-state index in [0.29, 0.717) is 0 Å². The Hall–Kier alpha value is -2.88. The summed E-state index contributed by atoms with van der Waals surface area (Å²) in [5, 5.41) is 34.7. The number of ether oxygens (including phenoxy) is 2. The average molecular weight is 599 g/mol. The first-order valence-electron chi connectivity index (χ1n) is 15.4. The van der Waals surface area contributed by atoms with Crippen molar-refractivity contribution in [2.75, 3.05) is 6.61 Å². The Bertz CT molecular complexity index is 1300. The van der Waals surface area contributed by atoms with Crippen molar-refractivity contribution in [1.29, 1.82) is 0 Å². The SMILES string of the molecule is CCCCC/C=C/C=C\C(=O)O[C@@H]1[C@@H](C)[C@@]2(O)[C@@H](C(=O)C(CO)=C[C@]3(O)C(=O)C(C)=C[C@@H]23)[C@@H]2C(C)(C)[C@]12OC(=O)C(C)C. The molecule has 0 aliphatic heterocycles. The van der Waals surface area contributed by atoms with Gasteiger partial charge in [-0.05, 0) is 31.4 Å². The topological polar surface area (TPSA) is 147 Å². The fourth-order valence-corrected chi connectivity index (χ4v) is 7.93. The van der Waals surface area contributed by atoms with E-state index in [2.05, 4.69) is 6.92 Å². The van der Waals surface area contributed by atoms with Crippen molar-refractivity contribution in [3.63, 3.8) is 0 Å². The highest BCUT2D eigenvalue weighted by Crippen LogP contribution is 2.77. The summed E-state index contributed by atoms with van der Waals surface area (Å²) in [6, 6.07) is 0. The third kappa shape index (κ3) is 4.88. The molecule has 0 heterocycles. The summed E-state index contributed by atoms with van der Waals surface area (Å²) in [4.78, 5) is 53.7. The number of Topliss-reactive ketones (excluding diaryl/α,β-unsaturated/α-hetero) is 2. The number of rotatable bonds is 10. The lowest BCUT2D eigenvalue weighted by molar-refractivity contribution is -0.229. The molecule has 236 valence electrons. The number of allylic oxidation sites excluding steroid dienone is 3. The maximum Gasteiger partial charge on any atom is 0.331 e. The van der Waals surface area contributed by atoms with Gasteiger partial charge in [-0.3, -0.25) is 14.4 Å². The van der Waals surface area contributed by atoms with Crippen LogP contribution in [0.5, 0.6) is 0 Å². The van der Waals surface area contributed by atoms with Gasteiger partial charge in [-0.25, -0.2) is 4.79 Å². The van der Waals surface area contributed by atoms with E-state index in [1.165, 1.54) is 19.1 Å². The van der Waals surface area contributed by atoms with Gasteiger partial charge in [0, 0.05) is 34.8 Å². The van der Waals surface area contributed by atoms with Crippen molar-refractivity contribution >= 4 is 23.5 Å². The number of fused-ring (bicyclic) bond motifs is 5. The molecule has 43 heavy (non-hydrogen) atoms. The Labute approximate surface area is 253 Å². The number of carbonyl (C=O) groups is 4. The van der Waals surface area contributed by atoms with Crippen molar-refractivity contribution in [3.8, 4) is 0 Å². The predicted octanol–water partition coefficient (Wildman–Crippen LogP) is 3.56. The van der Waals surface area contributed by atoms with E-state index in [0.717, 1.165) is 31.8 Å². The molecule has 8 atom stereocenters. The van der Waals surface area contributed by atoms with E-state index >= 15 is 0 Å². The molecule has 0 bridgehead atoms. The molecule has 0 unspecified atom stereocenters. The highest BCUT2D eigenvalue weighted by molar-refractivity contribution is 6.09. The first-order chi connectivity index (χ1) is 20.1. The fraction of sp³-hybridized carbons (Fsp3) is 0.647. The van der Waals surface area contributed by atoms with Crippen molar-refractivity contribution in [3.05, 3.63) is 47.6 Å². The molecular weight excluding hydrogens is 552 g/mol. The quantitative estimate of drug-likeness (QED) is 0.149. The summed E-state index contributed by atoms with van der Waals surface area (Å²) in [5.41, 5.74) is -6.84. The van der Waals surface area contributed by atoms with Gasteiger partial charge < -0.3 is 24.8 Å². The molecule has 4 aliphatic carbocycles. The zero-order valence-electron chi connectivity index (χ0n) is 26.3. The minimum atomic E-state index is -2.29. The predicted molar refractivity (Wildman–Crippen MR) is 158 cm³/mol. The van der Waals surface area contributed by atoms with E-state index in [1.54, 1.807) is 46.8 Å². The molecule has 0 radical (unpaired) electrons. The van der Waals surface area contributed by atoms with Crippen LogP contribution in [0, 0.1) is 35.0 Å². The van der Waals surface area contributed by atoms with Crippen LogP contribution >= 0.6 is 0 Å². The van der Waals surface area contributed by atoms with Gasteiger partial charge in [0.25, 0.3) is 0 Å². The van der Waals surface area contributed by atoms with E-state index in [-0.39, 0.29) is 11.1 Å². The summed E-state index contributed by atoms with van der Waals surface area (Å²) in [6.07, 6.45) is 12.0. The molecule has 0 aromatic carbocycles. The minimum absolute atomic E-state index is 0.201. The molecule has 0 aromatic rings. The van der Waals surface area contributed by atoms with Crippen LogP contribution in [0.3, 0.4) is 0 Å². The normalized spacial score (nSPS) is 37.9. The first kappa shape index (κ1) is 33.0. The van der Waals surface area contributed by atoms with Crippen molar-refractivity contribution < 1.29 is 44.0 Å². The van der Waals surface area contributed by atoms with Crippen LogP contribution in [-0.2, 0) is 28.7 Å². The fourth-order valence-electron chi connectivity index (χ4n) is 7.93. The van der Waals surface area contributed by atoms with E-state index < -0.39 is 88.0 Å². The second-order valence-electron chi connectivity index (χ2n) is 13.5. The molecule has 0 spiro atoms. The van der Waals surface area contributed by atoms with Crippen LogP contribution in [0.1, 0.15) is 74.1 Å². The Balaban J connectivity index is 1.82. The lowest BCUT2D eigenvalue weighted by atomic mass is 9.58. The first-order valence-corrected chi connectivity index (χ1v) is 15.4. The number of carbonyl (C=O) groups excluding carboxylic acids is 4. The van der Waals surface area contributed by atoms with Gasteiger partial charge in [-0.2, -0.15) is 0 Å². The monoisotopic (exact) mass is 598 g/mol. The van der Waals surface area contributed by atoms with E-state index in [9.17, 15) is 34.5 Å². The molecule has 9 nitrogen and oxygen atoms in total. The minimum Gasteiger partial charge on any atom is -0.455 e. The summed E-state index contributed by atoms with van der Waals surface area (Å²) in [6.45, 7) is 11.4. The Morgan fingerprint density at radius 3 is 2.40 bits per heavy atom. The largest absolute Gasteiger partial charge is 0.455 e. The maximum atomic E-state index is 14.1. The molecule has 2 fully saturated rings. The lowest BCUT2D eigenvalue weighted by Crippen LogP contribution is -2.67. The van der Waals surface area contributed by atoms with Crippen LogP contribution in [0.2, 0.25) is 0 Å². The second kappa shape index (κ2) is 11.6. The zero-order valence-corrected chi connectivity index (χ0v) is 26.3. The molecule has 9 heteroatoms. The van der Waals surface area contributed by atoms with E-state index in [1.807, 2.05) is 6.08 Å². The van der Waals surface area contributed by atoms with Crippen LogP contribution in [0.15, 0.2) is 47.6 Å². The van der Waals surface area contributed by atoms with Gasteiger partial charge in [0.05, 0.1) is 24.0 Å². The van der Waals surface area contributed by atoms with Crippen molar-refractivity contribution in [1.82, 2.24) is 0 Å². The number of hydrogen-bond donors (Lipinski definition) is 3. The number of aliphatic hydroxyl groups excluding tert-OH is 1. The molecule has 4 aliphatic rings. The summed E-state index contributed by atoms with van der Waals surface area (Å²) in [7, 11) is 0. The highest BCUT2D eigenvalue weighted by atomic mass is 16.6.